The molecule has 2 atom stereocenters. The highest BCUT2D eigenvalue weighted by molar-refractivity contribution is 4.58. The fourth-order valence-electron chi connectivity index (χ4n) is 4.91. The van der Waals surface area contributed by atoms with Gasteiger partial charge in [0.2, 0.25) is 0 Å². The van der Waals surface area contributed by atoms with E-state index in [1.54, 1.807) is 0 Å². The second kappa shape index (κ2) is 26.3. The minimum absolute atomic E-state index is 0.937. The maximum Gasteiger partial charge on any atom is -0.0443 e. The van der Waals surface area contributed by atoms with Crippen LogP contribution in [0.2, 0.25) is 0 Å². The maximum atomic E-state index is 2.48. The van der Waals surface area contributed by atoms with Gasteiger partial charge in [0.25, 0.3) is 0 Å². The quantitative estimate of drug-likeness (QED) is 0.118. The molecule has 0 aliphatic carbocycles. The standard InChI is InChI=1S/C31H64/c1-5-7-8-9-10-11-12-13-14-15-16-17-18-19-20-21-22-23-24-25-27-31(4)29-26-28-30(3)6-2/h30-31H,5-29H2,1-4H3/t30-,31+/m1/s1. The van der Waals surface area contributed by atoms with Gasteiger partial charge in [-0.3, -0.25) is 0 Å². The van der Waals surface area contributed by atoms with Crippen molar-refractivity contribution < 1.29 is 0 Å². The molecule has 0 bridgehead atoms. The molecule has 0 spiro atoms. The van der Waals surface area contributed by atoms with Crippen LogP contribution in [0.25, 0.3) is 0 Å². The third kappa shape index (κ3) is 26.1. The van der Waals surface area contributed by atoms with Gasteiger partial charge in [-0.05, 0) is 11.8 Å². The normalized spacial score (nSPS) is 13.5. The van der Waals surface area contributed by atoms with Gasteiger partial charge in [0.1, 0.15) is 0 Å². The third-order valence-corrected chi connectivity index (χ3v) is 7.64. The molecule has 0 saturated heterocycles. The Labute approximate surface area is 200 Å². The van der Waals surface area contributed by atoms with Crippen LogP contribution in [0.3, 0.4) is 0 Å². The second-order valence-electron chi connectivity index (χ2n) is 11.1. The third-order valence-electron chi connectivity index (χ3n) is 7.64. The van der Waals surface area contributed by atoms with Crippen LogP contribution in [-0.2, 0) is 0 Å². The van der Waals surface area contributed by atoms with Gasteiger partial charge in [-0.2, -0.15) is 0 Å². The van der Waals surface area contributed by atoms with Gasteiger partial charge in [0, 0.05) is 0 Å². The highest BCUT2D eigenvalue weighted by atomic mass is 14.1. The summed E-state index contributed by atoms with van der Waals surface area (Å²) >= 11 is 0. The van der Waals surface area contributed by atoms with E-state index in [9.17, 15) is 0 Å². The first-order valence-corrected chi connectivity index (χ1v) is 15.2. The van der Waals surface area contributed by atoms with E-state index in [2.05, 4.69) is 27.7 Å². The van der Waals surface area contributed by atoms with Crippen molar-refractivity contribution in [1.29, 1.82) is 0 Å². The minimum atomic E-state index is 0.937. The molecule has 0 radical (unpaired) electrons. The summed E-state index contributed by atoms with van der Waals surface area (Å²) < 4.78 is 0. The Kier molecular flexibility index (Phi) is 26.3. The topological polar surface area (TPSA) is 0 Å². The van der Waals surface area contributed by atoms with E-state index >= 15 is 0 Å². The summed E-state index contributed by atoms with van der Waals surface area (Å²) in [7, 11) is 0. The molecule has 0 amide bonds. The van der Waals surface area contributed by atoms with Crippen LogP contribution in [0, 0.1) is 11.8 Å². The van der Waals surface area contributed by atoms with Gasteiger partial charge in [-0.25, -0.2) is 0 Å². The van der Waals surface area contributed by atoms with Crippen molar-refractivity contribution in [1.82, 2.24) is 0 Å². The van der Waals surface area contributed by atoms with E-state index in [4.69, 9.17) is 0 Å². The van der Waals surface area contributed by atoms with Crippen molar-refractivity contribution in [3.63, 3.8) is 0 Å². The molecule has 0 aromatic rings. The Morgan fingerprint density at radius 2 is 0.613 bits per heavy atom. The number of hydrogen-bond acceptors (Lipinski definition) is 0. The van der Waals surface area contributed by atoms with E-state index in [0.29, 0.717) is 0 Å². The fourth-order valence-corrected chi connectivity index (χ4v) is 4.91. The summed E-state index contributed by atoms with van der Waals surface area (Å²) in [5.41, 5.74) is 0. The molecule has 0 heterocycles. The molecule has 0 aromatic carbocycles. The van der Waals surface area contributed by atoms with Crippen molar-refractivity contribution in [2.45, 2.75) is 188 Å². The lowest BCUT2D eigenvalue weighted by Gasteiger charge is -2.13. The Hall–Kier alpha value is 0. The minimum Gasteiger partial charge on any atom is -0.0654 e. The summed E-state index contributed by atoms with van der Waals surface area (Å²) in [6.45, 7) is 9.52. The predicted molar refractivity (Wildman–Crippen MR) is 145 cm³/mol. The Morgan fingerprint density at radius 1 is 0.323 bits per heavy atom. The van der Waals surface area contributed by atoms with Crippen LogP contribution in [0.15, 0.2) is 0 Å². The van der Waals surface area contributed by atoms with E-state index in [1.807, 2.05) is 0 Å². The molecular formula is C31H64. The Bertz CT molecular complexity index is 307. The first-order chi connectivity index (χ1) is 15.2. The van der Waals surface area contributed by atoms with Crippen LogP contribution in [0.1, 0.15) is 188 Å². The van der Waals surface area contributed by atoms with Crippen molar-refractivity contribution >= 4 is 0 Å². The molecule has 0 aromatic heterocycles. The Morgan fingerprint density at radius 3 is 0.968 bits per heavy atom. The van der Waals surface area contributed by atoms with Gasteiger partial charge in [0.05, 0.1) is 0 Å². The molecule has 0 unspecified atom stereocenters. The van der Waals surface area contributed by atoms with Crippen LogP contribution < -0.4 is 0 Å². The summed E-state index contributed by atoms with van der Waals surface area (Å²) in [5.74, 6) is 1.89. The van der Waals surface area contributed by atoms with Crippen LogP contribution in [-0.4, -0.2) is 0 Å². The average molecular weight is 437 g/mol. The lowest BCUT2D eigenvalue weighted by molar-refractivity contribution is 0.405. The van der Waals surface area contributed by atoms with Gasteiger partial charge in [0.15, 0.2) is 0 Å². The predicted octanol–water partition coefficient (Wildman–Crippen LogP) is 12.1. The highest BCUT2D eigenvalue weighted by Crippen LogP contribution is 2.20. The molecule has 0 N–H and O–H groups in total. The van der Waals surface area contributed by atoms with Gasteiger partial charge in [-0.15, -0.1) is 0 Å². The molecule has 0 aliphatic rings. The maximum absolute atomic E-state index is 2.48. The average Bonchev–Trinajstić information content (AvgIpc) is 2.77. The molecule has 0 aliphatic heterocycles. The molecule has 0 heteroatoms. The van der Waals surface area contributed by atoms with Crippen LogP contribution in [0.5, 0.6) is 0 Å². The summed E-state index contributed by atoms with van der Waals surface area (Å²) in [4.78, 5) is 0. The Balaban J connectivity index is 3.11. The smallest absolute Gasteiger partial charge is 0.0443 e. The van der Waals surface area contributed by atoms with Crippen LogP contribution >= 0.6 is 0 Å². The zero-order valence-corrected chi connectivity index (χ0v) is 22.8. The zero-order chi connectivity index (χ0) is 22.8. The van der Waals surface area contributed by atoms with Crippen LogP contribution in [0.4, 0.5) is 0 Å². The monoisotopic (exact) mass is 437 g/mol. The second-order valence-corrected chi connectivity index (χ2v) is 11.1. The highest BCUT2D eigenvalue weighted by Gasteiger charge is 2.04. The van der Waals surface area contributed by atoms with E-state index in [-0.39, 0.29) is 0 Å². The molecule has 0 rings (SSSR count). The number of unbranched alkanes of at least 4 members (excludes halogenated alkanes) is 19. The fraction of sp³-hybridized carbons (Fsp3) is 1.00. The number of hydrogen-bond donors (Lipinski definition) is 0. The molecule has 0 saturated carbocycles. The first-order valence-electron chi connectivity index (χ1n) is 15.2. The first kappa shape index (κ1) is 31.0. The van der Waals surface area contributed by atoms with Crippen molar-refractivity contribution in [3.05, 3.63) is 0 Å². The van der Waals surface area contributed by atoms with Crippen molar-refractivity contribution in [3.8, 4) is 0 Å². The van der Waals surface area contributed by atoms with Crippen molar-refractivity contribution in [2.24, 2.45) is 11.8 Å². The SMILES string of the molecule is CCCCCCCCCCCCCCCCCCCCCC[C@H](C)CCC[C@H](C)CC. The molecular weight excluding hydrogens is 372 g/mol. The lowest BCUT2D eigenvalue weighted by atomic mass is 9.93. The van der Waals surface area contributed by atoms with E-state index in [0.717, 1.165) is 11.8 Å². The zero-order valence-electron chi connectivity index (χ0n) is 22.8. The number of rotatable bonds is 26. The van der Waals surface area contributed by atoms with Gasteiger partial charge < -0.3 is 0 Å². The van der Waals surface area contributed by atoms with E-state index in [1.165, 1.54) is 161 Å². The largest absolute Gasteiger partial charge is 0.0654 e. The van der Waals surface area contributed by atoms with Crippen molar-refractivity contribution in [2.75, 3.05) is 0 Å². The molecule has 0 fully saturated rings. The van der Waals surface area contributed by atoms with E-state index < -0.39 is 0 Å². The van der Waals surface area contributed by atoms with Gasteiger partial charge in [-0.1, -0.05) is 188 Å². The van der Waals surface area contributed by atoms with Gasteiger partial charge >= 0.3 is 0 Å². The lowest BCUT2D eigenvalue weighted by Crippen LogP contribution is -1.98. The summed E-state index contributed by atoms with van der Waals surface area (Å²) in [6, 6.07) is 0. The molecule has 0 nitrogen and oxygen atoms in total. The summed E-state index contributed by atoms with van der Waals surface area (Å²) in [5, 5.41) is 0. The summed E-state index contributed by atoms with van der Waals surface area (Å²) in [6.07, 6.45) is 36.8. The molecule has 31 heavy (non-hydrogen) atoms. The molecule has 188 valence electrons.